The molecular weight excluding hydrogens is 212 g/mol. The predicted molar refractivity (Wildman–Crippen MR) is 69.4 cm³/mol. The van der Waals surface area contributed by atoms with Crippen LogP contribution in [0, 0.1) is 0 Å². The van der Waals surface area contributed by atoms with Gasteiger partial charge in [-0.3, -0.25) is 5.10 Å². The van der Waals surface area contributed by atoms with E-state index in [1.807, 2.05) is 6.20 Å². The van der Waals surface area contributed by atoms with Gasteiger partial charge in [-0.15, -0.1) is 0 Å². The summed E-state index contributed by atoms with van der Waals surface area (Å²) in [6.45, 7) is 0. The van der Waals surface area contributed by atoms with Gasteiger partial charge < -0.3 is 10.6 Å². The molecule has 1 aliphatic heterocycles. The number of aromatic amines is 1. The van der Waals surface area contributed by atoms with Gasteiger partial charge in [-0.1, -0.05) is 12.8 Å². The summed E-state index contributed by atoms with van der Waals surface area (Å²) in [5.41, 5.74) is 3.54. The quantitative estimate of drug-likeness (QED) is 0.650. The van der Waals surface area contributed by atoms with Crippen LogP contribution in [0.15, 0.2) is 18.3 Å². The van der Waals surface area contributed by atoms with Crippen molar-refractivity contribution in [2.75, 3.05) is 10.6 Å². The monoisotopic (exact) mass is 228 g/mol. The fraction of sp³-hybridized carbons (Fsp3) is 0.462. The highest BCUT2D eigenvalue weighted by atomic mass is 15.1. The molecule has 4 heteroatoms. The number of anilines is 2. The summed E-state index contributed by atoms with van der Waals surface area (Å²) in [6, 6.07) is 5.54. The number of benzene rings is 1. The normalized spacial score (nSPS) is 26.8. The highest BCUT2D eigenvalue weighted by Crippen LogP contribution is 2.36. The van der Waals surface area contributed by atoms with E-state index in [9.17, 15) is 0 Å². The second kappa shape index (κ2) is 3.39. The maximum absolute atomic E-state index is 4.08. The molecule has 2 atom stereocenters. The third-order valence-corrected chi connectivity index (χ3v) is 4.03. The molecule has 1 fully saturated rings. The van der Waals surface area contributed by atoms with Gasteiger partial charge in [0.05, 0.1) is 23.1 Å². The summed E-state index contributed by atoms with van der Waals surface area (Å²) in [5, 5.41) is 15.6. The minimum absolute atomic E-state index is 0.594. The van der Waals surface area contributed by atoms with Crippen LogP contribution in [0.25, 0.3) is 10.9 Å². The molecule has 0 radical (unpaired) electrons. The topological polar surface area (TPSA) is 52.7 Å². The van der Waals surface area contributed by atoms with Crippen molar-refractivity contribution in [2.24, 2.45) is 0 Å². The molecule has 0 amide bonds. The molecule has 3 N–H and O–H groups in total. The maximum atomic E-state index is 4.08. The highest BCUT2D eigenvalue weighted by molar-refractivity contribution is 5.90. The zero-order valence-corrected chi connectivity index (χ0v) is 9.66. The molecule has 0 bridgehead atoms. The number of hydrogen-bond donors (Lipinski definition) is 3. The lowest BCUT2D eigenvalue weighted by atomic mass is 9.88. The van der Waals surface area contributed by atoms with Gasteiger partial charge in [-0.05, 0) is 25.0 Å². The molecule has 1 aromatic heterocycles. The number of H-pyrrole nitrogens is 1. The minimum atomic E-state index is 0.594. The van der Waals surface area contributed by atoms with E-state index >= 15 is 0 Å². The molecule has 4 nitrogen and oxygen atoms in total. The molecule has 0 unspecified atom stereocenters. The lowest BCUT2D eigenvalue weighted by molar-refractivity contribution is 0.418. The van der Waals surface area contributed by atoms with E-state index in [2.05, 4.69) is 33.0 Å². The second-order valence-corrected chi connectivity index (χ2v) is 5.14. The van der Waals surface area contributed by atoms with E-state index in [-0.39, 0.29) is 0 Å². The summed E-state index contributed by atoms with van der Waals surface area (Å²) in [5.74, 6) is 0. The average molecular weight is 228 g/mol. The molecule has 2 aliphatic rings. The van der Waals surface area contributed by atoms with Crippen molar-refractivity contribution >= 4 is 22.3 Å². The first kappa shape index (κ1) is 9.33. The van der Waals surface area contributed by atoms with Crippen LogP contribution in [0.5, 0.6) is 0 Å². The molecule has 17 heavy (non-hydrogen) atoms. The van der Waals surface area contributed by atoms with Crippen molar-refractivity contribution in [2.45, 2.75) is 37.8 Å². The number of hydrogen-bond acceptors (Lipinski definition) is 3. The lowest BCUT2D eigenvalue weighted by Gasteiger charge is -2.39. The van der Waals surface area contributed by atoms with Crippen LogP contribution < -0.4 is 10.6 Å². The Kier molecular flexibility index (Phi) is 1.86. The number of aromatic nitrogens is 2. The van der Waals surface area contributed by atoms with E-state index in [0.717, 1.165) is 5.52 Å². The third-order valence-electron chi connectivity index (χ3n) is 4.03. The molecule has 1 aromatic carbocycles. The summed E-state index contributed by atoms with van der Waals surface area (Å²) in [4.78, 5) is 0. The first-order valence-electron chi connectivity index (χ1n) is 6.40. The zero-order valence-electron chi connectivity index (χ0n) is 9.66. The first-order chi connectivity index (χ1) is 8.40. The number of nitrogens with zero attached hydrogens (tertiary/aromatic N) is 1. The van der Waals surface area contributed by atoms with E-state index in [0.29, 0.717) is 12.1 Å². The fourth-order valence-corrected chi connectivity index (χ4v) is 3.11. The van der Waals surface area contributed by atoms with Crippen molar-refractivity contribution < 1.29 is 0 Å². The Balaban J connectivity index is 1.79. The second-order valence-electron chi connectivity index (χ2n) is 5.14. The van der Waals surface area contributed by atoms with Crippen molar-refractivity contribution in [3.05, 3.63) is 18.3 Å². The summed E-state index contributed by atoms with van der Waals surface area (Å²) in [7, 11) is 0. The maximum Gasteiger partial charge on any atom is 0.0672 e. The van der Waals surface area contributed by atoms with Crippen LogP contribution in [0.4, 0.5) is 11.4 Å². The van der Waals surface area contributed by atoms with E-state index < -0.39 is 0 Å². The Morgan fingerprint density at radius 1 is 1.00 bits per heavy atom. The Labute approximate surface area is 99.8 Å². The van der Waals surface area contributed by atoms with Gasteiger partial charge in [0.2, 0.25) is 0 Å². The average Bonchev–Trinajstić information content (AvgIpc) is 2.80. The van der Waals surface area contributed by atoms with Crippen LogP contribution in [-0.4, -0.2) is 22.3 Å². The first-order valence-corrected chi connectivity index (χ1v) is 6.40. The smallest absolute Gasteiger partial charge is 0.0672 e. The van der Waals surface area contributed by atoms with Crippen LogP contribution >= 0.6 is 0 Å². The van der Waals surface area contributed by atoms with E-state index in [1.54, 1.807) is 0 Å². The Morgan fingerprint density at radius 2 is 1.71 bits per heavy atom. The van der Waals surface area contributed by atoms with Gasteiger partial charge in [0.25, 0.3) is 0 Å². The number of nitrogens with one attached hydrogen (secondary N) is 3. The van der Waals surface area contributed by atoms with Gasteiger partial charge in [0, 0.05) is 17.5 Å². The molecule has 88 valence electrons. The third kappa shape index (κ3) is 1.40. The van der Waals surface area contributed by atoms with Crippen LogP contribution in [0.3, 0.4) is 0 Å². The predicted octanol–water partition coefficient (Wildman–Crippen LogP) is 2.71. The SMILES string of the molecule is c1n[nH]c2cc3c(cc12)N[C@H]1CCCC[C@H]1N3. The molecule has 0 saturated heterocycles. The molecule has 1 saturated carbocycles. The van der Waals surface area contributed by atoms with Gasteiger partial charge in [0.15, 0.2) is 0 Å². The molecule has 2 aromatic rings. The van der Waals surface area contributed by atoms with Gasteiger partial charge >= 0.3 is 0 Å². The largest absolute Gasteiger partial charge is 0.379 e. The Morgan fingerprint density at radius 3 is 2.47 bits per heavy atom. The molecule has 4 rings (SSSR count). The van der Waals surface area contributed by atoms with E-state index in [4.69, 9.17) is 0 Å². The molecular formula is C13H16N4. The Hall–Kier alpha value is -1.71. The van der Waals surface area contributed by atoms with Crippen molar-refractivity contribution in [1.82, 2.24) is 10.2 Å². The van der Waals surface area contributed by atoms with Crippen molar-refractivity contribution in [3.8, 4) is 0 Å². The molecule has 0 spiro atoms. The fourth-order valence-electron chi connectivity index (χ4n) is 3.11. The van der Waals surface area contributed by atoms with Crippen LogP contribution in [0.1, 0.15) is 25.7 Å². The van der Waals surface area contributed by atoms with Gasteiger partial charge in [-0.2, -0.15) is 5.10 Å². The Bertz CT molecular complexity index is 512. The summed E-state index contributed by atoms with van der Waals surface area (Å²) >= 11 is 0. The van der Waals surface area contributed by atoms with Crippen molar-refractivity contribution in [3.63, 3.8) is 0 Å². The van der Waals surface area contributed by atoms with Gasteiger partial charge in [0.1, 0.15) is 0 Å². The van der Waals surface area contributed by atoms with E-state index in [1.165, 1.54) is 42.4 Å². The van der Waals surface area contributed by atoms with Crippen molar-refractivity contribution in [1.29, 1.82) is 0 Å². The zero-order chi connectivity index (χ0) is 11.2. The van der Waals surface area contributed by atoms with Crippen LogP contribution in [-0.2, 0) is 0 Å². The van der Waals surface area contributed by atoms with Gasteiger partial charge in [-0.25, -0.2) is 0 Å². The summed E-state index contributed by atoms with van der Waals surface area (Å²) < 4.78 is 0. The lowest BCUT2D eigenvalue weighted by Crippen LogP contribution is -2.44. The highest BCUT2D eigenvalue weighted by Gasteiger charge is 2.29. The van der Waals surface area contributed by atoms with Crippen LogP contribution in [0.2, 0.25) is 0 Å². The number of fused-ring (bicyclic) bond motifs is 3. The molecule has 2 heterocycles. The number of rotatable bonds is 0. The standard InChI is InChI=1S/C13H16N4/c1-2-4-10-9(3-1)15-12-5-8-7-14-17-11(8)6-13(12)16-10/h5-7,9-10,15-16H,1-4H2,(H,14,17)/t9-,10+/m0/s1. The summed E-state index contributed by atoms with van der Waals surface area (Å²) in [6.07, 6.45) is 7.12. The molecule has 1 aliphatic carbocycles. The minimum Gasteiger partial charge on any atom is -0.379 e.